The third-order valence-corrected chi connectivity index (χ3v) is 6.67. The summed E-state index contributed by atoms with van der Waals surface area (Å²) in [6.45, 7) is 0. The van der Waals surface area contributed by atoms with Crippen LogP contribution in [0.25, 0.3) is 22.3 Å². The Balaban J connectivity index is 1.88. The molecule has 0 fully saturated rings. The van der Waals surface area contributed by atoms with Crippen molar-refractivity contribution in [2.45, 2.75) is 0 Å². The van der Waals surface area contributed by atoms with Crippen LogP contribution in [-0.2, 0) is 0 Å². The van der Waals surface area contributed by atoms with Crippen LogP contribution >= 0.6 is 45.2 Å². The SMILES string of the molecule is COc1ccc(-c2cccc(-c3ccc(OC)cc3)c2N=Cc2cc(I)cc(I)c2O)cc1. The molecule has 0 aliphatic heterocycles. The highest BCUT2D eigenvalue weighted by Gasteiger charge is 2.13. The number of phenols is 1. The Labute approximate surface area is 220 Å². The van der Waals surface area contributed by atoms with E-state index < -0.39 is 0 Å². The number of hydrogen-bond acceptors (Lipinski definition) is 4. The maximum atomic E-state index is 10.6. The maximum Gasteiger partial charge on any atom is 0.137 e. The summed E-state index contributed by atoms with van der Waals surface area (Å²) in [7, 11) is 3.31. The molecule has 0 aromatic heterocycles. The van der Waals surface area contributed by atoms with Gasteiger partial charge < -0.3 is 14.6 Å². The van der Waals surface area contributed by atoms with Gasteiger partial charge in [-0.05, 0) is 92.7 Å². The number of phenolic OH excluding ortho intramolecular Hbond substituents is 1. The number of benzene rings is 4. The molecule has 0 spiro atoms. The van der Waals surface area contributed by atoms with E-state index >= 15 is 0 Å². The lowest BCUT2D eigenvalue weighted by molar-refractivity contribution is 0.415. The summed E-state index contributed by atoms with van der Waals surface area (Å²) in [5.41, 5.74) is 5.53. The number of halogens is 2. The number of rotatable bonds is 6. The molecule has 166 valence electrons. The number of nitrogens with zero attached hydrogens (tertiary/aromatic N) is 1. The van der Waals surface area contributed by atoms with Crippen LogP contribution < -0.4 is 9.47 Å². The molecule has 33 heavy (non-hydrogen) atoms. The minimum absolute atomic E-state index is 0.229. The Kier molecular flexibility index (Phi) is 7.54. The van der Waals surface area contributed by atoms with E-state index in [1.165, 1.54) is 0 Å². The molecule has 6 heteroatoms. The average molecular weight is 661 g/mol. The highest BCUT2D eigenvalue weighted by atomic mass is 127. The second kappa shape index (κ2) is 10.6. The summed E-state index contributed by atoms with van der Waals surface area (Å²) < 4.78 is 12.5. The van der Waals surface area contributed by atoms with Crippen molar-refractivity contribution in [2.24, 2.45) is 4.99 Å². The molecule has 4 aromatic carbocycles. The molecular formula is C27H21I2NO3. The monoisotopic (exact) mass is 661 g/mol. The van der Waals surface area contributed by atoms with Gasteiger partial charge in [-0.1, -0.05) is 42.5 Å². The molecule has 4 nitrogen and oxygen atoms in total. The molecule has 0 bridgehead atoms. The summed E-state index contributed by atoms with van der Waals surface area (Å²) in [5.74, 6) is 1.83. The third kappa shape index (κ3) is 5.33. The molecule has 4 aromatic rings. The number of aromatic hydroxyl groups is 1. The summed E-state index contributed by atoms with van der Waals surface area (Å²) >= 11 is 4.38. The molecule has 0 radical (unpaired) electrons. The van der Waals surface area contributed by atoms with E-state index in [9.17, 15) is 5.11 Å². The van der Waals surface area contributed by atoms with Crippen molar-refractivity contribution < 1.29 is 14.6 Å². The zero-order valence-corrected chi connectivity index (χ0v) is 22.4. The predicted octanol–water partition coefficient (Wildman–Crippen LogP) is 7.70. The minimum atomic E-state index is 0.229. The van der Waals surface area contributed by atoms with Gasteiger partial charge in [-0.3, -0.25) is 4.99 Å². The molecule has 0 heterocycles. The Morgan fingerprint density at radius 2 is 1.27 bits per heavy atom. The van der Waals surface area contributed by atoms with Gasteiger partial charge in [-0.2, -0.15) is 0 Å². The molecule has 0 aliphatic rings. The van der Waals surface area contributed by atoms with Crippen LogP contribution in [0.5, 0.6) is 17.2 Å². The van der Waals surface area contributed by atoms with Gasteiger partial charge in [0.2, 0.25) is 0 Å². The van der Waals surface area contributed by atoms with Crippen LogP contribution in [0.4, 0.5) is 5.69 Å². The molecule has 0 saturated heterocycles. The second-order valence-corrected chi connectivity index (χ2v) is 9.65. The number of hydrogen-bond donors (Lipinski definition) is 1. The Bertz CT molecular complexity index is 1230. The van der Waals surface area contributed by atoms with Gasteiger partial charge in [0.15, 0.2) is 0 Å². The molecule has 0 unspecified atom stereocenters. The van der Waals surface area contributed by atoms with Gasteiger partial charge in [0.1, 0.15) is 17.2 Å². The van der Waals surface area contributed by atoms with E-state index in [-0.39, 0.29) is 5.75 Å². The summed E-state index contributed by atoms with van der Waals surface area (Å²) in [6.07, 6.45) is 1.73. The van der Waals surface area contributed by atoms with E-state index in [0.29, 0.717) is 5.56 Å². The van der Waals surface area contributed by atoms with Crippen molar-refractivity contribution in [3.8, 4) is 39.5 Å². The molecule has 1 N–H and O–H groups in total. The fraction of sp³-hybridized carbons (Fsp3) is 0.0741. The van der Waals surface area contributed by atoms with E-state index in [1.807, 2.05) is 66.7 Å². The van der Waals surface area contributed by atoms with Crippen molar-refractivity contribution >= 4 is 57.1 Å². The number of methoxy groups -OCH3 is 2. The van der Waals surface area contributed by atoms with Crippen molar-refractivity contribution in [1.82, 2.24) is 0 Å². The van der Waals surface area contributed by atoms with E-state index in [2.05, 4.69) is 57.3 Å². The topological polar surface area (TPSA) is 51.0 Å². The first-order valence-corrected chi connectivity index (χ1v) is 12.3. The van der Waals surface area contributed by atoms with Crippen molar-refractivity contribution in [2.75, 3.05) is 14.2 Å². The van der Waals surface area contributed by atoms with Gasteiger partial charge in [0.05, 0.1) is 23.5 Å². The summed E-state index contributed by atoms with van der Waals surface area (Å²) in [6, 6.07) is 25.9. The second-order valence-electron chi connectivity index (χ2n) is 7.24. The first-order chi connectivity index (χ1) is 16.0. The number of aliphatic imine (C=N–C) groups is 1. The lowest BCUT2D eigenvalue weighted by Gasteiger charge is -2.13. The maximum absolute atomic E-state index is 10.6. The highest BCUT2D eigenvalue weighted by Crippen LogP contribution is 2.40. The van der Waals surface area contributed by atoms with Crippen LogP contribution in [0.1, 0.15) is 5.56 Å². The van der Waals surface area contributed by atoms with Gasteiger partial charge in [-0.15, -0.1) is 0 Å². The van der Waals surface area contributed by atoms with Crippen molar-refractivity contribution in [1.29, 1.82) is 0 Å². The lowest BCUT2D eigenvalue weighted by Crippen LogP contribution is -1.90. The number of ether oxygens (including phenoxy) is 2. The van der Waals surface area contributed by atoms with E-state index in [1.54, 1.807) is 20.4 Å². The highest BCUT2D eigenvalue weighted by molar-refractivity contribution is 14.1. The third-order valence-electron chi connectivity index (χ3n) is 5.23. The Morgan fingerprint density at radius 1 is 0.758 bits per heavy atom. The average Bonchev–Trinajstić information content (AvgIpc) is 2.85. The van der Waals surface area contributed by atoms with Crippen molar-refractivity contribution in [3.63, 3.8) is 0 Å². The van der Waals surface area contributed by atoms with Gasteiger partial charge >= 0.3 is 0 Å². The Hall–Kier alpha value is -2.59. The quantitative estimate of drug-likeness (QED) is 0.170. The first-order valence-electron chi connectivity index (χ1n) is 10.1. The molecule has 4 rings (SSSR count). The van der Waals surface area contributed by atoms with Crippen LogP contribution in [0, 0.1) is 7.14 Å². The lowest BCUT2D eigenvalue weighted by atomic mass is 9.96. The van der Waals surface area contributed by atoms with Gasteiger partial charge in [0.25, 0.3) is 0 Å². The van der Waals surface area contributed by atoms with Gasteiger partial charge in [0, 0.05) is 26.5 Å². The van der Waals surface area contributed by atoms with Crippen molar-refractivity contribution in [3.05, 3.63) is 91.6 Å². The molecule has 0 amide bonds. The predicted molar refractivity (Wildman–Crippen MR) is 151 cm³/mol. The van der Waals surface area contributed by atoms with Crippen LogP contribution in [-0.4, -0.2) is 25.5 Å². The molecular weight excluding hydrogens is 640 g/mol. The zero-order valence-electron chi connectivity index (χ0n) is 18.0. The van der Waals surface area contributed by atoms with Crippen LogP contribution in [0.3, 0.4) is 0 Å². The van der Waals surface area contributed by atoms with Crippen LogP contribution in [0.2, 0.25) is 0 Å². The molecule has 0 atom stereocenters. The molecule has 0 aliphatic carbocycles. The fourth-order valence-corrected chi connectivity index (χ4v) is 5.40. The smallest absolute Gasteiger partial charge is 0.137 e. The molecule has 0 saturated carbocycles. The normalized spacial score (nSPS) is 11.0. The minimum Gasteiger partial charge on any atom is -0.506 e. The largest absolute Gasteiger partial charge is 0.506 e. The fourth-order valence-electron chi connectivity index (χ4n) is 3.51. The summed E-state index contributed by atoms with van der Waals surface area (Å²) in [4.78, 5) is 4.90. The number of para-hydroxylation sites is 1. The zero-order chi connectivity index (χ0) is 23.4. The Morgan fingerprint density at radius 3 is 1.76 bits per heavy atom. The van der Waals surface area contributed by atoms with E-state index in [0.717, 1.165) is 46.6 Å². The van der Waals surface area contributed by atoms with Crippen LogP contribution in [0.15, 0.2) is 83.9 Å². The summed E-state index contributed by atoms with van der Waals surface area (Å²) in [5, 5.41) is 10.6. The first kappa shape index (κ1) is 23.6. The van der Waals surface area contributed by atoms with Gasteiger partial charge in [-0.25, -0.2) is 0 Å². The standard InChI is InChI=1S/C27H21I2NO3/c1-32-21-10-6-17(7-11-21)23-4-3-5-24(18-8-12-22(33-2)13-9-18)26(23)30-16-19-14-20(28)15-25(29)27(19)31/h3-16,31H,1-2H3. The van der Waals surface area contributed by atoms with E-state index in [4.69, 9.17) is 14.5 Å².